The van der Waals surface area contributed by atoms with Crippen LogP contribution < -0.4 is 0 Å². The van der Waals surface area contributed by atoms with E-state index in [1.165, 1.54) is 11.8 Å². The second-order valence-electron chi connectivity index (χ2n) is 6.46. The summed E-state index contributed by atoms with van der Waals surface area (Å²) in [5.74, 6) is -0.188. The van der Waals surface area contributed by atoms with Gasteiger partial charge in [0.15, 0.2) is 5.17 Å². The Morgan fingerprint density at radius 1 is 1.18 bits per heavy atom. The fraction of sp³-hybridized carbons (Fsp3) is 0.182. The minimum absolute atomic E-state index is 0.182. The van der Waals surface area contributed by atoms with Gasteiger partial charge < -0.3 is 14.7 Å². The Labute approximate surface area is 168 Å². The van der Waals surface area contributed by atoms with Crippen LogP contribution in [0.1, 0.15) is 31.0 Å². The average Bonchev–Trinajstić information content (AvgIpc) is 3.12. The summed E-state index contributed by atoms with van der Waals surface area (Å²) in [7, 11) is 0. The summed E-state index contributed by atoms with van der Waals surface area (Å²) in [5, 5.41) is 12.6. The van der Waals surface area contributed by atoms with Crippen LogP contribution in [0.2, 0.25) is 0 Å². The van der Waals surface area contributed by atoms with Gasteiger partial charge in [0, 0.05) is 5.41 Å². The highest BCUT2D eigenvalue weighted by Crippen LogP contribution is 2.46. The number of fused-ring (bicyclic) bond motifs is 1. The number of thioether (sulfide) groups is 1. The zero-order valence-electron chi connectivity index (χ0n) is 15.6. The number of carbonyl (C=O) groups is 1. The normalized spacial score (nSPS) is 18.5. The molecule has 0 aromatic heterocycles. The van der Waals surface area contributed by atoms with Crippen LogP contribution in [0.5, 0.6) is 5.75 Å². The van der Waals surface area contributed by atoms with Gasteiger partial charge in [-0.25, -0.2) is 9.79 Å². The number of amidine groups is 1. The van der Waals surface area contributed by atoms with Gasteiger partial charge in [-0.05, 0) is 37.1 Å². The van der Waals surface area contributed by atoms with Gasteiger partial charge in [0.05, 0.1) is 29.6 Å². The van der Waals surface area contributed by atoms with Crippen molar-refractivity contribution in [3.63, 3.8) is 0 Å². The van der Waals surface area contributed by atoms with Gasteiger partial charge in [0.25, 0.3) is 0 Å². The predicted molar refractivity (Wildman–Crippen MR) is 111 cm³/mol. The molecule has 0 radical (unpaired) electrons. The molecule has 5 nitrogen and oxygen atoms in total. The Morgan fingerprint density at radius 2 is 1.89 bits per heavy atom. The fourth-order valence-corrected chi connectivity index (χ4v) is 4.42. The van der Waals surface area contributed by atoms with Gasteiger partial charge in [-0.1, -0.05) is 54.2 Å². The van der Waals surface area contributed by atoms with Crippen LogP contribution >= 0.6 is 11.8 Å². The lowest BCUT2D eigenvalue weighted by molar-refractivity contribution is -0.139. The summed E-state index contributed by atoms with van der Waals surface area (Å²) in [4.78, 5) is 19.6. The number of aromatic hydroxyl groups is 1. The van der Waals surface area contributed by atoms with E-state index in [0.29, 0.717) is 17.9 Å². The minimum Gasteiger partial charge on any atom is -0.508 e. The predicted octanol–water partition coefficient (Wildman–Crippen LogP) is 4.69. The first-order valence-corrected chi connectivity index (χ1v) is 9.95. The number of benzene rings is 2. The number of nitrogens with zero attached hydrogens (tertiary/aromatic N) is 2. The molecule has 28 heavy (non-hydrogen) atoms. The molecule has 0 amide bonds. The number of phenolic OH excluding ortho intramolecular Hbond substituents is 1. The molecule has 142 valence electrons. The molecular weight excluding hydrogens is 372 g/mol. The van der Waals surface area contributed by atoms with Crippen molar-refractivity contribution in [1.82, 2.24) is 4.90 Å². The van der Waals surface area contributed by atoms with Crippen LogP contribution in [-0.2, 0) is 9.53 Å². The Morgan fingerprint density at radius 3 is 2.57 bits per heavy atom. The number of rotatable bonds is 4. The second kappa shape index (κ2) is 7.56. The topological polar surface area (TPSA) is 62.1 Å². The van der Waals surface area contributed by atoms with Crippen LogP contribution in [0.15, 0.2) is 76.3 Å². The highest BCUT2D eigenvalue weighted by molar-refractivity contribution is 8.16. The minimum atomic E-state index is -0.381. The fourth-order valence-electron chi connectivity index (χ4n) is 3.44. The number of esters is 1. The van der Waals surface area contributed by atoms with E-state index in [2.05, 4.69) is 15.3 Å². The summed E-state index contributed by atoms with van der Waals surface area (Å²) in [6.45, 7) is 3.93. The average molecular weight is 392 g/mol. The van der Waals surface area contributed by atoms with Crippen LogP contribution in [0.25, 0.3) is 5.70 Å². The standard InChI is InChI=1S/C22H20N2O3S/c1-3-27-21(26)19-14(2)23-22-24(20(19)16-9-11-17(25)12-10-16)18(13-28-22)15-7-5-4-6-8-15/h4-13,20,25H,3H2,1-2H3. The van der Waals surface area contributed by atoms with E-state index in [4.69, 9.17) is 4.74 Å². The molecule has 2 aromatic rings. The van der Waals surface area contributed by atoms with Gasteiger partial charge in [-0.3, -0.25) is 0 Å². The van der Waals surface area contributed by atoms with Gasteiger partial charge >= 0.3 is 5.97 Å². The van der Waals surface area contributed by atoms with Crippen LogP contribution in [-0.4, -0.2) is 27.8 Å². The van der Waals surface area contributed by atoms with Crippen molar-refractivity contribution < 1.29 is 14.6 Å². The van der Waals surface area contributed by atoms with Crippen LogP contribution in [0.4, 0.5) is 0 Å². The molecule has 6 heteroatoms. The Balaban J connectivity index is 1.86. The van der Waals surface area contributed by atoms with Crippen LogP contribution in [0.3, 0.4) is 0 Å². The van der Waals surface area contributed by atoms with Crippen molar-refractivity contribution >= 4 is 28.6 Å². The largest absolute Gasteiger partial charge is 0.508 e. The summed E-state index contributed by atoms with van der Waals surface area (Å²) in [6.07, 6.45) is 0. The molecule has 0 saturated heterocycles. The highest BCUT2D eigenvalue weighted by Gasteiger charge is 2.41. The smallest absolute Gasteiger partial charge is 0.338 e. The van der Waals surface area contributed by atoms with E-state index >= 15 is 0 Å². The Hall–Kier alpha value is -2.99. The van der Waals surface area contributed by atoms with Crippen molar-refractivity contribution in [2.24, 2.45) is 4.99 Å². The van der Waals surface area contributed by atoms with E-state index in [9.17, 15) is 9.90 Å². The maximum atomic E-state index is 12.8. The Bertz CT molecular complexity index is 994. The van der Waals surface area contributed by atoms with Gasteiger partial charge in [-0.2, -0.15) is 0 Å². The molecule has 2 heterocycles. The summed E-state index contributed by atoms with van der Waals surface area (Å²) < 4.78 is 5.35. The molecule has 2 aliphatic rings. The number of phenols is 1. The molecule has 0 saturated carbocycles. The molecule has 1 unspecified atom stereocenters. The molecule has 1 N–H and O–H groups in total. The van der Waals surface area contributed by atoms with Crippen molar-refractivity contribution in [3.05, 3.63) is 82.4 Å². The molecule has 0 aliphatic carbocycles. The second-order valence-corrected chi connectivity index (χ2v) is 7.30. The van der Waals surface area contributed by atoms with Gasteiger partial charge in [0.1, 0.15) is 5.75 Å². The summed E-state index contributed by atoms with van der Waals surface area (Å²) in [6, 6.07) is 16.6. The van der Waals surface area contributed by atoms with Crippen molar-refractivity contribution in [2.45, 2.75) is 19.9 Å². The van der Waals surface area contributed by atoms with E-state index in [-0.39, 0.29) is 17.8 Å². The van der Waals surface area contributed by atoms with E-state index in [1.54, 1.807) is 19.1 Å². The van der Waals surface area contributed by atoms with Crippen LogP contribution in [0, 0.1) is 0 Å². The maximum Gasteiger partial charge on any atom is 0.338 e. The van der Waals surface area contributed by atoms with Gasteiger partial charge in [-0.15, -0.1) is 0 Å². The number of hydrogen-bond acceptors (Lipinski definition) is 6. The quantitative estimate of drug-likeness (QED) is 0.765. The first kappa shape index (κ1) is 18.4. The molecule has 4 rings (SSSR count). The molecule has 2 aliphatic heterocycles. The number of hydrogen-bond donors (Lipinski definition) is 1. The molecule has 1 atom stereocenters. The lowest BCUT2D eigenvalue weighted by Gasteiger charge is -2.36. The van der Waals surface area contributed by atoms with Gasteiger partial charge in [0.2, 0.25) is 0 Å². The molecule has 2 aromatic carbocycles. The molecular formula is C22H20N2O3S. The van der Waals surface area contributed by atoms with Crippen molar-refractivity contribution in [1.29, 1.82) is 0 Å². The zero-order valence-corrected chi connectivity index (χ0v) is 16.4. The van der Waals surface area contributed by atoms with E-state index in [0.717, 1.165) is 22.0 Å². The number of aliphatic imine (C=N–C) groups is 1. The van der Waals surface area contributed by atoms with Crippen molar-refractivity contribution in [2.75, 3.05) is 6.61 Å². The van der Waals surface area contributed by atoms with E-state index < -0.39 is 0 Å². The number of ether oxygens (including phenoxy) is 1. The molecule has 0 bridgehead atoms. The summed E-state index contributed by atoms with van der Waals surface area (Å²) in [5.41, 5.74) is 4.08. The molecule has 0 spiro atoms. The monoisotopic (exact) mass is 392 g/mol. The highest BCUT2D eigenvalue weighted by atomic mass is 32.2. The SMILES string of the molecule is CCOC(=O)C1=C(C)N=C2SC=C(c3ccccc3)N2C1c1ccc(O)cc1. The lowest BCUT2D eigenvalue weighted by atomic mass is 9.93. The first-order chi connectivity index (χ1) is 13.6. The summed E-state index contributed by atoms with van der Waals surface area (Å²) >= 11 is 1.54. The number of allylic oxidation sites excluding steroid dienone is 1. The third-order valence-corrected chi connectivity index (χ3v) is 5.54. The third kappa shape index (κ3) is 3.20. The zero-order chi connectivity index (χ0) is 19.7. The third-order valence-electron chi connectivity index (χ3n) is 4.70. The number of carbonyl (C=O) groups excluding carboxylic acids is 1. The van der Waals surface area contributed by atoms with Crippen molar-refractivity contribution in [3.8, 4) is 5.75 Å². The first-order valence-electron chi connectivity index (χ1n) is 9.07. The Kier molecular flexibility index (Phi) is 4.96. The van der Waals surface area contributed by atoms with E-state index in [1.807, 2.05) is 49.4 Å². The molecule has 0 fully saturated rings. The maximum absolute atomic E-state index is 12.8. The lowest BCUT2D eigenvalue weighted by Crippen LogP contribution is -2.36.